The summed E-state index contributed by atoms with van der Waals surface area (Å²) in [4.78, 5) is 112. The summed E-state index contributed by atoms with van der Waals surface area (Å²) in [6, 6.07) is 0. The third-order valence-corrected chi connectivity index (χ3v) is 13.0. The van der Waals surface area contributed by atoms with E-state index in [2.05, 4.69) is 39.4 Å². The highest BCUT2D eigenvalue weighted by Crippen LogP contribution is 2.52. The number of nitrogens with zero attached hydrogens (tertiary/aromatic N) is 7. The van der Waals surface area contributed by atoms with E-state index in [1.165, 1.54) is 6.92 Å². The molecule has 0 saturated carbocycles. The number of H-pyrrole nitrogens is 3. The van der Waals surface area contributed by atoms with Gasteiger partial charge in [-0.25, -0.2) is 28.5 Å². The van der Waals surface area contributed by atoms with Crippen LogP contribution < -0.4 is 33.8 Å². The van der Waals surface area contributed by atoms with E-state index in [9.17, 15) is 67.8 Å². The van der Waals surface area contributed by atoms with Crippen molar-refractivity contribution in [2.45, 2.75) is 80.9 Å². The minimum Gasteiger partial charge on any atom is -0.387 e. The fourth-order valence-electron chi connectivity index (χ4n) is 7.39. The molecule has 67 heavy (non-hydrogen) atoms. The first kappa shape index (κ1) is 48.5. The van der Waals surface area contributed by atoms with Gasteiger partial charge in [-0.15, -0.1) is 0 Å². The summed E-state index contributed by atoms with van der Waals surface area (Å²) in [5, 5.41) is 32.9. The molecule has 2 unspecified atom stereocenters. The van der Waals surface area contributed by atoms with Crippen LogP contribution in [-0.4, -0.2) is 152 Å². The Hall–Kier alpha value is -4.93. The van der Waals surface area contributed by atoms with Crippen LogP contribution >= 0.6 is 23.5 Å². The molecule has 366 valence electrons. The van der Waals surface area contributed by atoms with Gasteiger partial charge in [0.05, 0.1) is 32.5 Å². The van der Waals surface area contributed by atoms with Crippen LogP contribution in [0.15, 0.2) is 38.0 Å². The van der Waals surface area contributed by atoms with Crippen LogP contribution in [0.3, 0.4) is 0 Å². The van der Waals surface area contributed by atoms with E-state index < -0.39 is 140 Å². The number of aliphatic hydroxyl groups excluding tert-OH is 3. The van der Waals surface area contributed by atoms with E-state index in [-0.39, 0.29) is 39.8 Å². The number of fused-ring (bicyclic) bond motifs is 2. The minimum absolute atomic E-state index is 0.0258. The lowest BCUT2D eigenvalue weighted by Gasteiger charge is -2.25. The highest BCUT2D eigenvalue weighted by molar-refractivity contribution is 7.47. The Morgan fingerprint density at radius 1 is 0.687 bits per heavy atom. The Labute approximate surface area is 369 Å². The van der Waals surface area contributed by atoms with Crippen molar-refractivity contribution in [1.82, 2.24) is 48.6 Å². The van der Waals surface area contributed by atoms with Gasteiger partial charge in [-0.05, 0) is 6.92 Å². The summed E-state index contributed by atoms with van der Waals surface area (Å²) in [6.45, 7) is -1.72. The maximum atomic E-state index is 13.6. The van der Waals surface area contributed by atoms with Gasteiger partial charge in [-0.1, -0.05) is 0 Å². The number of aliphatic hydroxyl groups is 3. The number of nitrogen functional groups attached to an aromatic ring is 2. The average Bonchev–Trinajstić information content (AvgIpc) is 4.05. The van der Waals surface area contributed by atoms with Gasteiger partial charge in [0.2, 0.25) is 11.9 Å². The number of rotatable bonds is 16. The first-order chi connectivity index (χ1) is 31.4. The van der Waals surface area contributed by atoms with Crippen LogP contribution in [0, 0.1) is 6.92 Å². The van der Waals surface area contributed by atoms with Crippen LogP contribution in [0.1, 0.15) is 30.7 Å². The number of phosphoric ester groups is 3. The molecule has 5 aromatic heterocycles. The van der Waals surface area contributed by atoms with Crippen molar-refractivity contribution in [2.75, 3.05) is 31.3 Å². The average molecular weight is 1010 g/mol. The maximum absolute atomic E-state index is 13.6. The number of hydrogen-bond donors (Lipinski definition) is 12. The third-order valence-electron chi connectivity index (χ3n) is 10.5. The molecule has 0 aromatic carbocycles. The van der Waals surface area contributed by atoms with Gasteiger partial charge in [0, 0.05) is 18.2 Å². The monoisotopic (exact) mass is 1010 g/mol. The lowest BCUT2D eigenvalue weighted by atomic mass is 10.1. The molecule has 14 N–H and O–H groups in total. The third kappa shape index (κ3) is 10.1. The van der Waals surface area contributed by atoms with Crippen molar-refractivity contribution in [1.29, 1.82) is 0 Å². The number of aryl methyl sites for hydroxylation is 1. The number of hydrogen-bond acceptors (Lipinski definition) is 24. The predicted octanol–water partition coefficient (Wildman–Crippen LogP) is -4.45. The first-order valence-corrected chi connectivity index (χ1v) is 23.7. The largest absolute Gasteiger partial charge is 0.472 e. The fraction of sp³-hybridized carbons (Fsp3) is 0.533. The molecule has 8 heterocycles. The molecular weight excluding hydrogens is 973 g/mol. The summed E-state index contributed by atoms with van der Waals surface area (Å²) in [6.07, 6.45) is -16.1. The van der Waals surface area contributed by atoms with E-state index in [1.807, 2.05) is 0 Å². The van der Waals surface area contributed by atoms with Gasteiger partial charge in [-0.3, -0.25) is 65.7 Å². The van der Waals surface area contributed by atoms with E-state index >= 15 is 0 Å². The molecule has 3 fully saturated rings. The number of nitrogens with two attached hydrogens (primary N) is 2. The van der Waals surface area contributed by atoms with Crippen molar-refractivity contribution >= 4 is 57.7 Å². The van der Waals surface area contributed by atoms with Crippen LogP contribution in [0.25, 0.3) is 22.3 Å². The molecular formula is C30H39N12O22P3. The highest BCUT2D eigenvalue weighted by Gasteiger charge is 2.51. The highest BCUT2D eigenvalue weighted by atomic mass is 31.2. The van der Waals surface area contributed by atoms with E-state index in [0.29, 0.717) is 0 Å². The lowest BCUT2D eigenvalue weighted by molar-refractivity contribution is -0.0622. The number of phosphoric acid groups is 3. The summed E-state index contributed by atoms with van der Waals surface area (Å²) in [7, 11) is -16.1. The second-order valence-corrected chi connectivity index (χ2v) is 19.1. The standard InChI is InChI=1S/C30H39N12O22P3/c1-9-3-40(30(49)39-23(9)46)14-2-10(63-66(53,54)59-5-12-17(43)18(44)26(61-12)41-7-33-15-21(41)35-28(31)37-24(15)47)11(60-14)4-58-67(55,56)64-20-13(6-57-65(50,51)52)62-27(19(20)45)42-8-34-16-22(42)36-29(32)38-25(16)48/h3,7-8,10-14,17-20,26-27,43-45H,2,4-6H2,1H3,(H,53,54)(H,55,56)(H,39,46,49)(H2,50,51,52)(H3,31,35,37,47)(H3,32,36,38,48)/t10-,11+,12+,13+,14+,17+,18+,19+,20+,26+,27+/m0/s1. The second kappa shape index (κ2) is 18.2. The molecule has 0 amide bonds. The molecule has 3 saturated heterocycles. The van der Waals surface area contributed by atoms with Crippen molar-refractivity contribution in [2.24, 2.45) is 0 Å². The Balaban J connectivity index is 0.983. The topological polar surface area (TPSA) is 501 Å². The first-order valence-electron chi connectivity index (χ1n) is 19.2. The zero-order valence-electron chi connectivity index (χ0n) is 33.8. The SMILES string of the molecule is Cc1cn([C@H]2C[C@H](OP(=O)(O)OC[C@H]3O[C@@H](n4cnc5c(=O)[nH]c(N)nc54)[C@H](O)[C@@H]3O)[C@@H](COP(=O)(O)O[C@H]3[C@@H](O)[C@H](n4cnc5c(=O)[nH]c(N)nc54)O[C@@H]3COP(=O)(O)O)O2)c(=O)[nH]c1=O. The normalized spacial score (nSPS) is 29.8. The Bertz CT molecular complexity index is 3080. The van der Waals surface area contributed by atoms with Crippen LogP contribution in [0.2, 0.25) is 0 Å². The van der Waals surface area contributed by atoms with Crippen molar-refractivity contribution in [3.63, 3.8) is 0 Å². The quantitative estimate of drug-likeness (QED) is 0.0415. The van der Waals surface area contributed by atoms with Crippen molar-refractivity contribution in [3.8, 4) is 0 Å². The molecule has 34 nitrogen and oxygen atoms in total. The Morgan fingerprint density at radius 2 is 1.21 bits per heavy atom. The predicted molar refractivity (Wildman–Crippen MR) is 215 cm³/mol. The van der Waals surface area contributed by atoms with Gasteiger partial charge in [-0.2, -0.15) is 9.97 Å². The molecule has 0 radical (unpaired) electrons. The van der Waals surface area contributed by atoms with Gasteiger partial charge >= 0.3 is 29.2 Å². The van der Waals surface area contributed by atoms with Gasteiger partial charge in [0.25, 0.3) is 16.7 Å². The van der Waals surface area contributed by atoms with Gasteiger partial charge < -0.3 is 60.6 Å². The molecule has 0 aliphatic carbocycles. The maximum Gasteiger partial charge on any atom is 0.472 e. The van der Waals surface area contributed by atoms with Crippen molar-refractivity contribution in [3.05, 3.63) is 66.0 Å². The number of imidazole rings is 2. The summed E-state index contributed by atoms with van der Waals surface area (Å²) < 4.78 is 84.1. The molecule has 37 heteroatoms. The van der Waals surface area contributed by atoms with E-state index in [0.717, 1.165) is 32.6 Å². The number of aromatic nitrogens is 10. The molecule has 0 bridgehead atoms. The molecule has 3 aliphatic heterocycles. The second-order valence-electron chi connectivity index (χ2n) is 15.0. The summed E-state index contributed by atoms with van der Waals surface area (Å²) in [5.74, 6) is -0.680. The minimum atomic E-state index is -5.51. The van der Waals surface area contributed by atoms with Gasteiger partial charge in [0.15, 0.2) is 34.8 Å². The smallest absolute Gasteiger partial charge is 0.387 e. The number of aromatic amines is 3. The van der Waals surface area contributed by atoms with E-state index in [4.69, 9.17) is 43.8 Å². The Kier molecular flexibility index (Phi) is 13.2. The lowest BCUT2D eigenvalue weighted by Crippen LogP contribution is -2.36. The van der Waals surface area contributed by atoms with Crippen molar-refractivity contribution < 1.29 is 85.4 Å². The Morgan fingerprint density at radius 3 is 1.79 bits per heavy atom. The fourth-order valence-corrected chi connectivity index (χ4v) is 9.66. The molecule has 8 rings (SSSR count). The summed E-state index contributed by atoms with van der Waals surface area (Å²) in [5.41, 5.74) is 7.19. The molecule has 5 aromatic rings. The number of ether oxygens (including phenoxy) is 3. The summed E-state index contributed by atoms with van der Waals surface area (Å²) >= 11 is 0. The van der Waals surface area contributed by atoms with Gasteiger partial charge in [0.1, 0.15) is 55.1 Å². The van der Waals surface area contributed by atoms with E-state index in [1.54, 1.807) is 0 Å². The van der Waals surface area contributed by atoms with Crippen LogP contribution in [0.4, 0.5) is 11.9 Å². The number of anilines is 2. The zero-order valence-corrected chi connectivity index (χ0v) is 36.5. The van der Waals surface area contributed by atoms with Crippen LogP contribution in [0.5, 0.6) is 0 Å². The van der Waals surface area contributed by atoms with Crippen LogP contribution in [-0.2, 0) is 50.5 Å². The molecule has 13 atom stereocenters. The molecule has 3 aliphatic rings. The number of nitrogens with one attached hydrogen (secondary N) is 3. The molecule has 0 spiro atoms. The zero-order chi connectivity index (χ0) is 48.5.